The molecule has 0 bridgehead atoms. The number of piperidine rings is 1. The van der Waals surface area contributed by atoms with Crippen molar-refractivity contribution in [2.75, 3.05) is 13.1 Å². The molecule has 1 atom stereocenters. The standard InChI is InChI=1S/C13H18N2O3S/c1-10-3-2-8-15(9-10)13(16)11-4-6-12(7-5-11)19(14,17)18/h4-7,10H,2-3,8-9H2,1H3,(H2,14,17,18). The highest BCUT2D eigenvalue weighted by Gasteiger charge is 2.22. The van der Waals surface area contributed by atoms with Crippen molar-refractivity contribution in [1.82, 2.24) is 4.90 Å². The molecule has 1 aromatic rings. The Morgan fingerprint density at radius 1 is 1.32 bits per heavy atom. The molecule has 104 valence electrons. The molecular weight excluding hydrogens is 264 g/mol. The van der Waals surface area contributed by atoms with Crippen molar-refractivity contribution in [3.05, 3.63) is 29.8 Å². The number of nitrogens with two attached hydrogens (primary N) is 1. The van der Waals surface area contributed by atoms with Crippen molar-refractivity contribution < 1.29 is 13.2 Å². The van der Waals surface area contributed by atoms with Gasteiger partial charge in [-0.05, 0) is 43.0 Å². The van der Waals surface area contributed by atoms with E-state index in [9.17, 15) is 13.2 Å². The summed E-state index contributed by atoms with van der Waals surface area (Å²) in [4.78, 5) is 14.1. The minimum Gasteiger partial charge on any atom is -0.338 e. The fraction of sp³-hybridized carbons (Fsp3) is 0.462. The maximum Gasteiger partial charge on any atom is 0.253 e. The first-order valence-electron chi connectivity index (χ1n) is 6.30. The monoisotopic (exact) mass is 282 g/mol. The average Bonchev–Trinajstić information content (AvgIpc) is 2.37. The summed E-state index contributed by atoms with van der Waals surface area (Å²) in [5.41, 5.74) is 0.501. The summed E-state index contributed by atoms with van der Waals surface area (Å²) < 4.78 is 22.3. The Morgan fingerprint density at radius 3 is 2.47 bits per heavy atom. The van der Waals surface area contributed by atoms with Gasteiger partial charge in [-0.1, -0.05) is 6.92 Å². The minimum absolute atomic E-state index is 0.0241. The van der Waals surface area contributed by atoms with Gasteiger partial charge in [-0.25, -0.2) is 13.6 Å². The van der Waals surface area contributed by atoms with E-state index >= 15 is 0 Å². The summed E-state index contributed by atoms with van der Waals surface area (Å²) >= 11 is 0. The van der Waals surface area contributed by atoms with Gasteiger partial charge in [0.2, 0.25) is 10.0 Å². The molecule has 0 saturated carbocycles. The van der Waals surface area contributed by atoms with Gasteiger partial charge in [-0.15, -0.1) is 0 Å². The average molecular weight is 282 g/mol. The molecule has 5 nitrogen and oxygen atoms in total. The van der Waals surface area contributed by atoms with E-state index in [4.69, 9.17) is 5.14 Å². The van der Waals surface area contributed by atoms with E-state index in [-0.39, 0.29) is 10.8 Å². The number of hydrogen-bond acceptors (Lipinski definition) is 3. The van der Waals surface area contributed by atoms with Crippen LogP contribution in [0.5, 0.6) is 0 Å². The smallest absolute Gasteiger partial charge is 0.253 e. The summed E-state index contributed by atoms with van der Waals surface area (Å²) in [5, 5.41) is 5.02. The summed E-state index contributed by atoms with van der Waals surface area (Å²) in [5.74, 6) is 0.467. The number of rotatable bonds is 2. The molecule has 1 aliphatic heterocycles. The Kier molecular flexibility index (Phi) is 3.91. The van der Waals surface area contributed by atoms with E-state index in [0.29, 0.717) is 11.5 Å². The number of likely N-dealkylation sites (tertiary alicyclic amines) is 1. The normalized spacial score (nSPS) is 20.3. The molecule has 6 heteroatoms. The number of carbonyl (C=O) groups excluding carboxylic acids is 1. The molecule has 1 aromatic carbocycles. The van der Waals surface area contributed by atoms with Crippen molar-refractivity contribution in [2.45, 2.75) is 24.7 Å². The van der Waals surface area contributed by atoms with Crippen LogP contribution < -0.4 is 5.14 Å². The minimum atomic E-state index is -3.70. The predicted octanol–water partition coefficient (Wildman–Crippen LogP) is 1.21. The van der Waals surface area contributed by atoms with Crippen LogP contribution in [0.15, 0.2) is 29.2 Å². The van der Waals surface area contributed by atoms with Crippen LogP contribution in [0.4, 0.5) is 0 Å². The van der Waals surface area contributed by atoms with Crippen molar-refractivity contribution in [3.63, 3.8) is 0 Å². The topological polar surface area (TPSA) is 80.5 Å². The fourth-order valence-electron chi connectivity index (χ4n) is 2.34. The van der Waals surface area contributed by atoms with Gasteiger partial charge in [0.25, 0.3) is 5.91 Å². The molecule has 0 spiro atoms. The zero-order valence-electron chi connectivity index (χ0n) is 10.9. The first-order chi connectivity index (χ1) is 8.88. The third kappa shape index (κ3) is 3.33. The molecule has 1 fully saturated rings. The third-order valence-corrected chi connectivity index (χ3v) is 4.30. The van der Waals surface area contributed by atoms with E-state index in [1.165, 1.54) is 24.3 Å². The van der Waals surface area contributed by atoms with Crippen molar-refractivity contribution in [1.29, 1.82) is 0 Å². The maximum absolute atomic E-state index is 12.3. The lowest BCUT2D eigenvalue weighted by molar-refractivity contribution is 0.0683. The molecular formula is C13H18N2O3S. The van der Waals surface area contributed by atoms with E-state index in [2.05, 4.69) is 6.92 Å². The highest BCUT2D eigenvalue weighted by molar-refractivity contribution is 7.89. The van der Waals surface area contributed by atoms with E-state index in [1.807, 2.05) is 4.90 Å². The van der Waals surface area contributed by atoms with Gasteiger partial charge in [0, 0.05) is 18.7 Å². The number of primary sulfonamides is 1. The summed E-state index contributed by atoms with van der Waals surface area (Å²) in [6.45, 7) is 3.65. The molecule has 1 aliphatic rings. The van der Waals surface area contributed by atoms with Gasteiger partial charge in [0.05, 0.1) is 4.90 Å². The second-order valence-electron chi connectivity index (χ2n) is 5.07. The molecule has 2 rings (SSSR count). The first kappa shape index (κ1) is 14.0. The SMILES string of the molecule is CC1CCCN(C(=O)c2ccc(S(N)(=O)=O)cc2)C1. The number of benzene rings is 1. The van der Waals surface area contributed by atoms with Crippen LogP contribution in [0.25, 0.3) is 0 Å². The number of amides is 1. The Morgan fingerprint density at radius 2 is 1.95 bits per heavy atom. The number of carbonyl (C=O) groups is 1. The third-order valence-electron chi connectivity index (χ3n) is 3.37. The highest BCUT2D eigenvalue weighted by atomic mass is 32.2. The molecule has 19 heavy (non-hydrogen) atoms. The van der Waals surface area contributed by atoms with Gasteiger partial charge in [-0.2, -0.15) is 0 Å². The molecule has 1 amide bonds. The van der Waals surface area contributed by atoms with Crippen molar-refractivity contribution >= 4 is 15.9 Å². The quantitative estimate of drug-likeness (QED) is 0.885. The van der Waals surface area contributed by atoms with Crippen LogP contribution in [0.3, 0.4) is 0 Å². The molecule has 0 aromatic heterocycles. The molecule has 1 saturated heterocycles. The van der Waals surface area contributed by atoms with Crippen LogP contribution in [-0.2, 0) is 10.0 Å². The maximum atomic E-state index is 12.3. The van der Waals surface area contributed by atoms with E-state index < -0.39 is 10.0 Å². The number of nitrogens with zero attached hydrogens (tertiary/aromatic N) is 1. The van der Waals surface area contributed by atoms with Gasteiger partial charge >= 0.3 is 0 Å². The number of hydrogen-bond donors (Lipinski definition) is 1. The Balaban J connectivity index is 2.16. The summed E-state index contributed by atoms with van der Waals surface area (Å²) in [6.07, 6.45) is 2.16. The van der Waals surface area contributed by atoms with Gasteiger partial charge < -0.3 is 4.90 Å². The van der Waals surface area contributed by atoms with E-state index in [1.54, 1.807) is 0 Å². The Labute approximate surface area is 113 Å². The molecule has 1 unspecified atom stereocenters. The van der Waals surface area contributed by atoms with Gasteiger partial charge in [0.1, 0.15) is 0 Å². The van der Waals surface area contributed by atoms with Crippen molar-refractivity contribution in [2.24, 2.45) is 11.1 Å². The lowest BCUT2D eigenvalue weighted by Gasteiger charge is -2.31. The Hall–Kier alpha value is -1.40. The molecule has 0 aliphatic carbocycles. The number of sulfonamides is 1. The zero-order chi connectivity index (χ0) is 14.0. The van der Waals surface area contributed by atoms with E-state index in [0.717, 1.165) is 25.9 Å². The van der Waals surface area contributed by atoms with Gasteiger partial charge in [0.15, 0.2) is 0 Å². The van der Waals surface area contributed by atoms with Crippen LogP contribution >= 0.6 is 0 Å². The second kappa shape index (κ2) is 5.30. The van der Waals surface area contributed by atoms with Crippen molar-refractivity contribution in [3.8, 4) is 0 Å². The zero-order valence-corrected chi connectivity index (χ0v) is 11.7. The molecule has 0 radical (unpaired) electrons. The highest BCUT2D eigenvalue weighted by Crippen LogP contribution is 2.18. The Bertz CT molecular complexity index is 566. The second-order valence-corrected chi connectivity index (χ2v) is 6.63. The van der Waals surface area contributed by atoms with Crippen LogP contribution in [0.2, 0.25) is 0 Å². The summed E-state index contributed by atoms with van der Waals surface area (Å²) in [7, 11) is -3.70. The van der Waals surface area contributed by atoms with Crippen LogP contribution in [-0.4, -0.2) is 32.3 Å². The predicted molar refractivity (Wildman–Crippen MR) is 72.1 cm³/mol. The fourth-order valence-corrected chi connectivity index (χ4v) is 2.86. The largest absolute Gasteiger partial charge is 0.338 e. The van der Waals surface area contributed by atoms with Gasteiger partial charge in [-0.3, -0.25) is 4.79 Å². The van der Waals surface area contributed by atoms with Crippen LogP contribution in [0.1, 0.15) is 30.1 Å². The molecule has 2 N–H and O–H groups in total. The lowest BCUT2D eigenvalue weighted by Crippen LogP contribution is -2.39. The molecule has 1 heterocycles. The lowest BCUT2D eigenvalue weighted by atomic mass is 9.99. The first-order valence-corrected chi connectivity index (χ1v) is 7.84. The van der Waals surface area contributed by atoms with Crippen LogP contribution in [0, 0.1) is 5.92 Å². The summed E-state index contributed by atoms with van der Waals surface area (Å²) in [6, 6.07) is 5.77.